The molecule has 0 saturated carbocycles. The first kappa shape index (κ1) is 23.9. The molecule has 1 aliphatic rings. The van der Waals surface area contributed by atoms with E-state index >= 15 is 0 Å². The van der Waals surface area contributed by atoms with E-state index in [2.05, 4.69) is 40.0 Å². The monoisotopic (exact) mass is 519 g/mol. The second kappa shape index (κ2) is 9.76. The number of benzene rings is 3. The smallest absolute Gasteiger partial charge is 0.338 e. The van der Waals surface area contributed by atoms with Crippen molar-refractivity contribution in [1.29, 1.82) is 0 Å². The normalized spacial score (nSPS) is 15.4. The van der Waals surface area contributed by atoms with E-state index < -0.39 is 12.0 Å². The Morgan fingerprint density at radius 3 is 2.42 bits per heavy atom. The molecule has 1 aliphatic heterocycles. The quantitative estimate of drug-likeness (QED) is 0.323. The van der Waals surface area contributed by atoms with Crippen molar-refractivity contribution < 1.29 is 9.53 Å². The summed E-state index contributed by atoms with van der Waals surface area (Å²) in [5, 5.41) is 1.07. The maximum atomic E-state index is 13.9. The van der Waals surface area contributed by atoms with Gasteiger partial charge in [-0.05, 0) is 30.2 Å². The Labute approximate surface area is 223 Å². The predicted octanol–water partition coefficient (Wildman–Crippen LogP) is 4.41. The van der Waals surface area contributed by atoms with Crippen LogP contribution in [0, 0.1) is 0 Å². The number of methoxy groups -OCH3 is 1. The van der Waals surface area contributed by atoms with Crippen LogP contribution in [0.3, 0.4) is 0 Å². The molecule has 6 nitrogen and oxygen atoms in total. The van der Waals surface area contributed by atoms with E-state index in [1.54, 1.807) is 11.5 Å². The molecule has 0 radical (unpaired) electrons. The van der Waals surface area contributed by atoms with Crippen LogP contribution in [-0.4, -0.2) is 22.2 Å². The number of allylic oxidation sites excluding steroid dienone is 1. The summed E-state index contributed by atoms with van der Waals surface area (Å²) in [6, 6.07) is 27.4. The molecule has 0 fully saturated rings. The van der Waals surface area contributed by atoms with Crippen molar-refractivity contribution in [2.75, 3.05) is 7.11 Å². The van der Waals surface area contributed by atoms with Crippen LogP contribution in [-0.2, 0) is 16.1 Å². The maximum absolute atomic E-state index is 13.9. The number of ether oxygens (including phenoxy) is 1. The van der Waals surface area contributed by atoms with Crippen LogP contribution in [0.15, 0.2) is 112 Å². The van der Waals surface area contributed by atoms with E-state index in [4.69, 9.17) is 4.74 Å². The molecular formula is C31H25N3O3S. The summed E-state index contributed by atoms with van der Waals surface area (Å²) in [6.45, 7) is 2.52. The summed E-state index contributed by atoms with van der Waals surface area (Å²) >= 11 is 1.33. The molecule has 0 amide bonds. The molecule has 188 valence electrons. The molecule has 0 aliphatic carbocycles. The molecule has 3 aromatic carbocycles. The van der Waals surface area contributed by atoms with E-state index in [0.717, 1.165) is 28.6 Å². The van der Waals surface area contributed by atoms with Crippen molar-refractivity contribution in [2.45, 2.75) is 19.5 Å². The Morgan fingerprint density at radius 1 is 1.00 bits per heavy atom. The van der Waals surface area contributed by atoms with Crippen molar-refractivity contribution in [3.05, 3.63) is 139 Å². The van der Waals surface area contributed by atoms with Gasteiger partial charge in [-0.3, -0.25) is 9.36 Å². The summed E-state index contributed by atoms with van der Waals surface area (Å²) < 4.78 is 9.48. The Kier molecular flexibility index (Phi) is 6.13. The Balaban J connectivity index is 1.53. The first-order chi connectivity index (χ1) is 18.5. The Bertz CT molecular complexity index is 1880. The predicted molar refractivity (Wildman–Crippen MR) is 150 cm³/mol. The molecule has 0 N–H and O–H groups in total. The highest BCUT2D eigenvalue weighted by Gasteiger charge is 2.32. The molecule has 1 atom stereocenters. The first-order valence-electron chi connectivity index (χ1n) is 12.3. The third-order valence-corrected chi connectivity index (χ3v) is 7.83. The van der Waals surface area contributed by atoms with E-state index in [9.17, 15) is 9.59 Å². The Morgan fingerprint density at radius 2 is 1.68 bits per heavy atom. The molecule has 3 heterocycles. The third-order valence-electron chi connectivity index (χ3n) is 6.84. The zero-order valence-corrected chi connectivity index (χ0v) is 21.8. The van der Waals surface area contributed by atoms with Gasteiger partial charge in [0.05, 0.1) is 29.0 Å². The molecule has 1 unspecified atom stereocenters. The number of esters is 1. The fraction of sp³-hybridized carbons (Fsp3) is 0.129. The minimum absolute atomic E-state index is 0.184. The highest BCUT2D eigenvalue weighted by Crippen LogP contribution is 2.30. The SMILES string of the molecule is COC(=O)C1=C(C)N=c2s/c(=C\c3cn(Cc4ccccc4)c4ccccc34)c(=O)n2C1c1ccccc1. The average molecular weight is 520 g/mol. The second-order valence-electron chi connectivity index (χ2n) is 9.20. The summed E-state index contributed by atoms with van der Waals surface area (Å²) in [4.78, 5) is 31.9. The minimum Gasteiger partial charge on any atom is -0.466 e. The molecule has 0 bridgehead atoms. The van der Waals surface area contributed by atoms with E-state index in [-0.39, 0.29) is 5.56 Å². The fourth-order valence-corrected chi connectivity index (χ4v) is 6.12. The zero-order chi connectivity index (χ0) is 26.2. The van der Waals surface area contributed by atoms with E-state index in [0.29, 0.717) is 20.6 Å². The van der Waals surface area contributed by atoms with Crippen LogP contribution in [0.5, 0.6) is 0 Å². The lowest BCUT2D eigenvalue weighted by atomic mass is 9.96. The number of hydrogen-bond donors (Lipinski definition) is 0. The van der Waals surface area contributed by atoms with Crippen molar-refractivity contribution in [3.8, 4) is 0 Å². The summed E-state index contributed by atoms with van der Waals surface area (Å²) in [5.41, 5.74) is 4.83. The fourth-order valence-electron chi connectivity index (χ4n) is 5.09. The number of rotatable bonds is 5. The third kappa shape index (κ3) is 4.11. The topological polar surface area (TPSA) is 65.6 Å². The van der Waals surface area contributed by atoms with Gasteiger partial charge in [0.15, 0.2) is 4.80 Å². The Hall–Kier alpha value is -4.49. The molecule has 7 heteroatoms. The first-order valence-corrected chi connectivity index (χ1v) is 13.1. The zero-order valence-electron chi connectivity index (χ0n) is 21.0. The van der Waals surface area contributed by atoms with Crippen LogP contribution in [0.2, 0.25) is 0 Å². The van der Waals surface area contributed by atoms with Gasteiger partial charge in [-0.25, -0.2) is 9.79 Å². The number of para-hydroxylation sites is 1. The van der Waals surface area contributed by atoms with Crippen molar-refractivity contribution in [2.24, 2.45) is 4.99 Å². The van der Waals surface area contributed by atoms with Gasteiger partial charge < -0.3 is 9.30 Å². The molecule has 5 aromatic rings. The molecule has 0 saturated heterocycles. The summed E-state index contributed by atoms with van der Waals surface area (Å²) in [7, 11) is 1.35. The molecular weight excluding hydrogens is 494 g/mol. The molecule has 6 rings (SSSR count). The number of nitrogens with zero attached hydrogens (tertiary/aromatic N) is 3. The van der Waals surface area contributed by atoms with Crippen LogP contribution in [0.4, 0.5) is 0 Å². The van der Waals surface area contributed by atoms with Gasteiger partial charge in [-0.15, -0.1) is 0 Å². The highest BCUT2D eigenvalue weighted by molar-refractivity contribution is 7.07. The number of thiazole rings is 1. The lowest BCUT2D eigenvalue weighted by Gasteiger charge is -2.24. The minimum atomic E-state index is -0.610. The molecule has 0 spiro atoms. The lowest BCUT2D eigenvalue weighted by molar-refractivity contribution is -0.136. The number of hydrogen-bond acceptors (Lipinski definition) is 5. The standard InChI is InChI=1S/C31H25N3O3S/c1-20-27(30(36)37-2)28(22-13-7-4-8-14-22)34-29(35)26(38-31(34)32-20)17-23-19-33(18-21-11-5-3-6-12-21)25-16-10-9-15-24(23)25/h3-17,19,28H,18H2,1-2H3/b26-17-. The van der Waals surface area contributed by atoms with E-state index in [1.165, 1.54) is 24.0 Å². The lowest BCUT2D eigenvalue weighted by Crippen LogP contribution is -2.39. The van der Waals surface area contributed by atoms with E-state index in [1.807, 2.05) is 66.7 Å². The number of aromatic nitrogens is 2. The molecule has 38 heavy (non-hydrogen) atoms. The largest absolute Gasteiger partial charge is 0.466 e. The summed E-state index contributed by atoms with van der Waals surface area (Å²) in [5.74, 6) is -0.488. The van der Waals surface area contributed by atoms with Crippen molar-refractivity contribution in [1.82, 2.24) is 9.13 Å². The van der Waals surface area contributed by atoms with Gasteiger partial charge in [-0.1, -0.05) is 90.2 Å². The second-order valence-corrected chi connectivity index (χ2v) is 10.2. The highest BCUT2D eigenvalue weighted by atomic mass is 32.1. The van der Waals surface area contributed by atoms with Gasteiger partial charge in [-0.2, -0.15) is 0 Å². The average Bonchev–Trinajstić information content (AvgIpc) is 3.45. The number of carbonyl (C=O) groups is 1. The molecule has 2 aromatic heterocycles. The van der Waals surface area contributed by atoms with Crippen molar-refractivity contribution in [3.63, 3.8) is 0 Å². The number of fused-ring (bicyclic) bond motifs is 2. The van der Waals surface area contributed by atoms with Gasteiger partial charge >= 0.3 is 5.97 Å². The maximum Gasteiger partial charge on any atom is 0.338 e. The van der Waals surface area contributed by atoms with Crippen molar-refractivity contribution >= 4 is 34.3 Å². The van der Waals surface area contributed by atoms with Gasteiger partial charge in [0, 0.05) is 29.2 Å². The van der Waals surface area contributed by atoms with Crippen LogP contribution in [0.1, 0.15) is 29.7 Å². The summed E-state index contributed by atoms with van der Waals surface area (Å²) in [6.07, 6.45) is 4.03. The van der Waals surface area contributed by atoms with Gasteiger partial charge in [0.1, 0.15) is 0 Å². The number of carbonyl (C=O) groups excluding carboxylic acids is 1. The van der Waals surface area contributed by atoms with Gasteiger partial charge in [0.2, 0.25) is 0 Å². The van der Waals surface area contributed by atoms with Crippen LogP contribution in [0.25, 0.3) is 17.0 Å². The van der Waals surface area contributed by atoms with Gasteiger partial charge in [0.25, 0.3) is 5.56 Å². The van der Waals surface area contributed by atoms with Crippen LogP contribution < -0.4 is 14.9 Å². The van der Waals surface area contributed by atoms with Crippen LogP contribution >= 0.6 is 11.3 Å².